The second kappa shape index (κ2) is 7.54. The van der Waals surface area contributed by atoms with E-state index in [1.54, 1.807) is 12.1 Å². The molecule has 2 aromatic rings. The Labute approximate surface area is 131 Å². The van der Waals surface area contributed by atoms with E-state index in [0.717, 1.165) is 18.7 Å². The summed E-state index contributed by atoms with van der Waals surface area (Å²) in [7, 11) is 0. The third-order valence-electron chi connectivity index (χ3n) is 3.29. The van der Waals surface area contributed by atoms with Crippen LogP contribution in [-0.2, 0) is 0 Å². The lowest BCUT2D eigenvalue weighted by Crippen LogP contribution is -2.15. The number of hydrogen-bond acceptors (Lipinski definition) is 4. The quantitative estimate of drug-likeness (QED) is 0.854. The van der Waals surface area contributed by atoms with Crippen LogP contribution in [0.25, 0.3) is 0 Å². The standard InChI is InChI=1S/C17H22N4O/c1-4-11-18-16-10-9-15(20-21-16)17(22)19-14-7-5-13(6-8-14)12(2)3/h5-10,12H,4,11H2,1-3H3,(H,18,21)(H,19,22). The van der Waals surface area contributed by atoms with Gasteiger partial charge in [-0.05, 0) is 42.2 Å². The van der Waals surface area contributed by atoms with Gasteiger partial charge in [0.05, 0.1) is 0 Å². The molecule has 1 aromatic carbocycles. The fourth-order valence-corrected chi connectivity index (χ4v) is 1.95. The Hall–Kier alpha value is -2.43. The third-order valence-corrected chi connectivity index (χ3v) is 3.29. The van der Waals surface area contributed by atoms with E-state index in [4.69, 9.17) is 0 Å². The minimum absolute atomic E-state index is 0.258. The first kappa shape index (κ1) is 15.9. The number of carbonyl (C=O) groups excluding carboxylic acids is 1. The van der Waals surface area contributed by atoms with Crippen LogP contribution >= 0.6 is 0 Å². The van der Waals surface area contributed by atoms with Crippen molar-refractivity contribution in [3.05, 3.63) is 47.7 Å². The second-order valence-corrected chi connectivity index (χ2v) is 5.46. The summed E-state index contributed by atoms with van der Waals surface area (Å²) in [5, 5.41) is 13.9. The average molecular weight is 298 g/mol. The van der Waals surface area contributed by atoms with Gasteiger partial charge in [0.1, 0.15) is 5.82 Å². The Bertz CT molecular complexity index is 606. The number of nitrogens with zero attached hydrogens (tertiary/aromatic N) is 2. The lowest BCUT2D eigenvalue weighted by Gasteiger charge is -2.08. The smallest absolute Gasteiger partial charge is 0.276 e. The van der Waals surface area contributed by atoms with E-state index < -0.39 is 0 Å². The Balaban J connectivity index is 1.99. The molecule has 0 unspecified atom stereocenters. The number of hydrogen-bond donors (Lipinski definition) is 2. The lowest BCUT2D eigenvalue weighted by atomic mass is 10.0. The SMILES string of the molecule is CCCNc1ccc(C(=O)Nc2ccc(C(C)C)cc2)nn1. The summed E-state index contributed by atoms with van der Waals surface area (Å²) in [6.07, 6.45) is 1.01. The zero-order valence-electron chi connectivity index (χ0n) is 13.3. The Morgan fingerprint density at radius 3 is 2.36 bits per heavy atom. The zero-order valence-corrected chi connectivity index (χ0v) is 13.3. The molecule has 0 aliphatic heterocycles. The molecule has 1 aromatic heterocycles. The van der Waals surface area contributed by atoms with Gasteiger partial charge in [-0.2, -0.15) is 0 Å². The fraction of sp³-hybridized carbons (Fsp3) is 0.353. The van der Waals surface area contributed by atoms with E-state index in [1.807, 2.05) is 24.3 Å². The molecule has 0 aliphatic carbocycles. The molecule has 0 bridgehead atoms. The number of anilines is 2. The predicted molar refractivity (Wildman–Crippen MR) is 89.3 cm³/mol. The molecule has 2 rings (SSSR count). The van der Waals surface area contributed by atoms with Crippen LogP contribution in [0.1, 0.15) is 49.2 Å². The maximum Gasteiger partial charge on any atom is 0.276 e. The molecule has 0 spiro atoms. The van der Waals surface area contributed by atoms with Crippen molar-refractivity contribution in [1.82, 2.24) is 10.2 Å². The largest absolute Gasteiger partial charge is 0.369 e. The number of amides is 1. The maximum absolute atomic E-state index is 12.1. The summed E-state index contributed by atoms with van der Waals surface area (Å²) in [5.74, 6) is 0.894. The lowest BCUT2D eigenvalue weighted by molar-refractivity contribution is 0.102. The molecule has 0 radical (unpaired) electrons. The Morgan fingerprint density at radius 2 is 1.82 bits per heavy atom. The van der Waals surface area contributed by atoms with Gasteiger partial charge in [-0.1, -0.05) is 32.9 Å². The van der Waals surface area contributed by atoms with E-state index >= 15 is 0 Å². The van der Waals surface area contributed by atoms with Crippen molar-refractivity contribution in [2.24, 2.45) is 0 Å². The minimum atomic E-state index is -0.258. The minimum Gasteiger partial charge on any atom is -0.369 e. The highest BCUT2D eigenvalue weighted by Crippen LogP contribution is 2.17. The molecule has 1 amide bonds. The van der Waals surface area contributed by atoms with Crippen LogP contribution < -0.4 is 10.6 Å². The molecular formula is C17H22N4O. The van der Waals surface area contributed by atoms with Gasteiger partial charge in [-0.3, -0.25) is 4.79 Å². The zero-order chi connectivity index (χ0) is 15.9. The summed E-state index contributed by atoms with van der Waals surface area (Å²) in [5.41, 5.74) is 2.29. The predicted octanol–water partition coefficient (Wildman–Crippen LogP) is 3.67. The third kappa shape index (κ3) is 4.28. The molecule has 0 saturated carbocycles. The fourth-order valence-electron chi connectivity index (χ4n) is 1.95. The van der Waals surface area contributed by atoms with Crippen LogP contribution in [0, 0.1) is 0 Å². The summed E-state index contributed by atoms with van der Waals surface area (Å²) < 4.78 is 0. The number of benzene rings is 1. The van der Waals surface area contributed by atoms with Gasteiger partial charge in [0.25, 0.3) is 5.91 Å². The van der Waals surface area contributed by atoms with Gasteiger partial charge in [-0.15, -0.1) is 10.2 Å². The van der Waals surface area contributed by atoms with E-state index in [9.17, 15) is 4.79 Å². The molecule has 0 atom stereocenters. The van der Waals surface area contributed by atoms with Gasteiger partial charge in [0.15, 0.2) is 5.69 Å². The highest BCUT2D eigenvalue weighted by atomic mass is 16.1. The van der Waals surface area contributed by atoms with Crippen molar-refractivity contribution in [2.75, 3.05) is 17.2 Å². The molecule has 5 nitrogen and oxygen atoms in total. The van der Waals surface area contributed by atoms with E-state index in [1.165, 1.54) is 5.56 Å². The molecule has 5 heteroatoms. The Morgan fingerprint density at radius 1 is 1.09 bits per heavy atom. The highest BCUT2D eigenvalue weighted by molar-refractivity contribution is 6.02. The average Bonchev–Trinajstić information content (AvgIpc) is 2.54. The summed E-state index contributed by atoms with van der Waals surface area (Å²) in [6.45, 7) is 7.18. The molecule has 0 saturated heterocycles. The van der Waals surface area contributed by atoms with E-state index in [2.05, 4.69) is 41.6 Å². The summed E-state index contributed by atoms with van der Waals surface area (Å²) in [6, 6.07) is 11.3. The van der Waals surface area contributed by atoms with E-state index in [-0.39, 0.29) is 5.91 Å². The van der Waals surface area contributed by atoms with Gasteiger partial charge in [0, 0.05) is 12.2 Å². The van der Waals surface area contributed by atoms with Crippen LogP contribution in [0.2, 0.25) is 0 Å². The molecule has 116 valence electrons. The van der Waals surface area contributed by atoms with Gasteiger partial charge < -0.3 is 10.6 Å². The van der Waals surface area contributed by atoms with Crippen molar-refractivity contribution in [2.45, 2.75) is 33.1 Å². The van der Waals surface area contributed by atoms with Crippen molar-refractivity contribution in [3.8, 4) is 0 Å². The molecule has 1 heterocycles. The van der Waals surface area contributed by atoms with Crippen LogP contribution in [0.3, 0.4) is 0 Å². The van der Waals surface area contributed by atoms with Gasteiger partial charge in [0.2, 0.25) is 0 Å². The molecule has 2 N–H and O–H groups in total. The maximum atomic E-state index is 12.1. The van der Waals surface area contributed by atoms with Crippen molar-refractivity contribution in [3.63, 3.8) is 0 Å². The van der Waals surface area contributed by atoms with Crippen LogP contribution in [0.15, 0.2) is 36.4 Å². The van der Waals surface area contributed by atoms with Gasteiger partial charge >= 0.3 is 0 Å². The number of nitrogens with one attached hydrogen (secondary N) is 2. The molecule has 0 aliphatic rings. The van der Waals surface area contributed by atoms with Crippen LogP contribution in [0.4, 0.5) is 11.5 Å². The first-order valence-corrected chi connectivity index (χ1v) is 7.59. The van der Waals surface area contributed by atoms with Crippen molar-refractivity contribution >= 4 is 17.4 Å². The van der Waals surface area contributed by atoms with Crippen LogP contribution in [0.5, 0.6) is 0 Å². The van der Waals surface area contributed by atoms with E-state index in [0.29, 0.717) is 17.4 Å². The van der Waals surface area contributed by atoms with Gasteiger partial charge in [-0.25, -0.2) is 0 Å². The topological polar surface area (TPSA) is 66.9 Å². The monoisotopic (exact) mass is 298 g/mol. The molecular weight excluding hydrogens is 276 g/mol. The summed E-state index contributed by atoms with van der Waals surface area (Å²) >= 11 is 0. The highest BCUT2D eigenvalue weighted by Gasteiger charge is 2.09. The molecule has 0 fully saturated rings. The second-order valence-electron chi connectivity index (χ2n) is 5.46. The van der Waals surface area contributed by atoms with Crippen LogP contribution in [-0.4, -0.2) is 22.6 Å². The Kier molecular flexibility index (Phi) is 5.47. The first-order chi connectivity index (χ1) is 10.6. The normalized spacial score (nSPS) is 10.5. The number of carbonyl (C=O) groups is 1. The van der Waals surface area contributed by atoms with Crippen molar-refractivity contribution < 1.29 is 4.79 Å². The number of rotatable bonds is 6. The van der Waals surface area contributed by atoms with Crippen molar-refractivity contribution in [1.29, 1.82) is 0 Å². The first-order valence-electron chi connectivity index (χ1n) is 7.59. The summed E-state index contributed by atoms with van der Waals surface area (Å²) in [4.78, 5) is 12.1. The number of aromatic nitrogens is 2. The molecule has 22 heavy (non-hydrogen) atoms.